The third-order valence-corrected chi connectivity index (χ3v) is 4.77. The first-order chi connectivity index (χ1) is 13.2. The van der Waals surface area contributed by atoms with Crippen LogP contribution in [0.1, 0.15) is 47.7 Å². The number of para-hydroxylation sites is 1. The second-order valence-corrected chi connectivity index (χ2v) is 6.62. The van der Waals surface area contributed by atoms with Crippen LogP contribution in [-0.4, -0.2) is 39.3 Å². The largest absolute Gasteiger partial charge is 0.493 e. The Hall–Kier alpha value is -3.09. The number of rotatable bonds is 5. The highest BCUT2D eigenvalue weighted by molar-refractivity contribution is 5.94. The van der Waals surface area contributed by atoms with Crippen molar-refractivity contribution in [2.24, 2.45) is 0 Å². The van der Waals surface area contributed by atoms with Crippen molar-refractivity contribution in [3.05, 3.63) is 53.5 Å². The van der Waals surface area contributed by atoms with Crippen LogP contribution in [0.2, 0.25) is 0 Å². The number of nitrogens with one attached hydrogen (secondary N) is 1. The molecular weight excluding hydrogens is 344 g/mol. The standard InChI is InChI=1S/C20H22N4O3/c1-3-26-19-9-5-4-7-14(19)15-12-17(22-21-15)20(25)24-10-6-8-18(24)16-11-13(2)27-23-16/h4-5,7,9,11-12,18H,3,6,8,10H2,1-2H3,(H,21,22)/t18-/m1/s1. The van der Waals surface area contributed by atoms with E-state index in [0.29, 0.717) is 24.5 Å². The molecule has 0 aliphatic carbocycles. The summed E-state index contributed by atoms with van der Waals surface area (Å²) >= 11 is 0. The summed E-state index contributed by atoms with van der Waals surface area (Å²) in [4.78, 5) is 14.9. The summed E-state index contributed by atoms with van der Waals surface area (Å²) in [5, 5.41) is 11.3. The van der Waals surface area contributed by atoms with Gasteiger partial charge in [0, 0.05) is 18.2 Å². The van der Waals surface area contributed by atoms with Crippen molar-refractivity contribution in [2.75, 3.05) is 13.2 Å². The smallest absolute Gasteiger partial charge is 0.272 e. The van der Waals surface area contributed by atoms with Crippen LogP contribution >= 0.6 is 0 Å². The topological polar surface area (TPSA) is 84.2 Å². The molecule has 1 saturated heterocycles. The average Bonchev–Trinajstić information content (AvgIpc) is 3.42. The highest BCUT2D eigenvalue weighted by Gasteiger charge is 2.33. The van der Waals surface area contributed by atoms with E-state index >= 15 is 0 Å². The number of carbonyl (C=O) groups excluding carboxylic acids is 1. The summed E-state index contributed by atoms with van der Waals surface area (Å²) in [6.07, 6.45) is 1.82. The molecule has 0 spiro atoms. The Morgan fingerprint density at radius 3 is 3.00 bits per heavy atom. The summed E-state index contributed by atoms with van der Waals surface area (Å²) < 4.78 is 10.9. The minimum Gasteiger partial charge on any atom is -0.493 e. The van der Waals surface area contributed by atoms with Crippen LogP contribution in [0.3, 0.4) is 0 Å². The van der Waals surface area contributed by atoms with Crippen molar-refractivity contribution >= 4 is 5.91 Å². The van der Waals surface area contributed by atoms with E-state index in [-0.39, 0.29) is 11.9 Å². The summed E-state index contributed by atoms with van der Waals surface area (Å²) in [7, 11) is 0. The predicted octanol–water partition coefficient (Wildman–Crippen LogP) is 3.75. The van der Waals surface area contributed by atoms with Gasteiger partial charge in [-0.05, 0) is 44.9 Å². The van der Waals surface area contributed by atoms with Crippen LogP contribution in [0.15, 0.2) is 40.9 Å². The number of likely N-dealkylation sites (tertiary alicyclic amines) is 1. The lowest BCUT2D eigenvalue weighted by Crippen LogP contribution is -2.31. The first-order valence-corrected chi connectivity index (χ1v) is 9.19. The molecule has 1 aliphatic heterocycles. The lowest BCUT2D eigenvalue weighted by Gasteiger charge is -2.22. The number of hydrogen-bond acceptors (Lipinski definition) is 5. The van der Waals surface area contributed by atoms with Crippen molar-refractivity contribution in [1.29, 1.82) is 0 Å². The van der Waals surface area contributed by atoms with Gasteiger partial charge < -0.3 is 14.2 Å². The highest BCUT2D eigenvalue weighted by Crippen LogP contribution is 2.34. The van der Waals surface area contributed by atoms with Gasteiger partial charge in [0.2, 0.25) is 0 Å². The Labute approximate surface area is 157 Å². The normalized spacial score (nSPS) is 16.7. The van der Waals surface area contributed by atoms with Crippen LogP contribution in [0.25, 0.3) is 11.3 Å². The SMILES string of the molecule is CCOc1ccccc1-c1cc(C(=O)N2CCC[C@@H]2c2cc(C)on2)[nH]n1. The van der Waals surface area contributed by atoms with Gasteiger partial charge in [0.05, 0.1) is 18.3 Å². The van der Waals surface area contributed by atoms with Gasteiger partial charge in [0.1, 0.15) is 22.9 Å². The van der Waals surface area contributed by atoms with E-state index in [1.165, 1.54) is 0 Å². The zero-order valence-electron chi connectivity index (χ0n) is 15.4. The minimum absolute atomic E-state index is 0.0580. The molecule has 1 N–H and O–H groups in total. The van der Waals surface area contributed by atoms with Gasteiger partial charge in [0.25, 0.3) is 5.91 Å². The Bertz CT molecular complexity index is 946. The fraction of sp³-hybridized carbons (Fsp3) is 0.350. The van der Waals surface area contributed by atoms with E-state index in [4.69, 9.17) is 9.26 Å². The molecule has 0 bridgehead atoms. The molecule has 1 aromatic carbocycles. The maximum atomic E-state index is 13.1. The average molecular weight is 366 g/mol. The third-order valence-electron chi connectivity index (χ3n) is 4.77. The molecule has 1 atom stereocenters. The summed E-state index contributed by atoms with van der Waals surface area (Å²) in [5.74, 6) is 1.43. The molecular formula is C20H22N4O3. The van der Waals surface area contributed by atoms with E-state index in [0.717, 1.165) is 35.6 Å². The molecule has 7 nitrogen and oxygen atoms in total. The maximum absolute atomic E-state index is 13.1. The van der Waals surface area contributed by atoms with Gasteiger partial charge in [-0.1, -0.05) is 17.3 Å². The second kappa shape index (κ2) is 7.26. The van der Waals surface area contributed by atoms with E-state index in [9.17, 15) is 4.79 Å². The van der Waals surface area contributed by atoms with Crippen LogP contribution < -0.4 is 4.74 Å². The van der Waals surface area contributed by atoms with Crippen LogP contribution in [0.4, 0.5) is 0 Å². The predicted molar refractivity (Wildman–Crippen MR) is 99.4 cm³/mol. The highest BCUT2D eigenvalue weighted by atomic mass is 16.5. The molecule has 4 rings (SSSR count). The Morgan fingerprint density at radius 1 is 1.37 bits per heavy atom. The van der Waals surface area contributed by atoms with Crippen molar-refractivity contribution in [3.63, 3.8) is 0 Å². The van der Waals surface area contributed by atoms with Crippen molar-refractivity contribution in [3.8, 4) is 17.0 Å². The number of aryl methyl sites for hydroxylation is 1. The first kappa shape index (κ1) is 17.3. The summed E-state index contributed by atoms with van der Waals surface area (Å²) in [6.45, 7) is 5.06. The number of H-pyrrole nitrogens is 1. The van der Waals surface area contributed by atoms with Crippen LogP contribution in [-0.2, 0) is 0 Å². The number of benzene rings is 1. The number of aromatic amines is 1. The molecule has 140 valence electrons. The van der Waals surface area contributed by atoms with Gasteiger partial charge in [-0.15, -0.1) is 0 Å². The van der Waals surface area contributed by atoms with E-state index < -0.39 is 0 Å². The summed E-state index contributed by atoms with van der Waals surface area (Å²) in [6, 6.07) is 11.3. The Morgan fingerprint density at radius 2 is 2.22 bits per heavy atom. The molecule has 7 heteroatoms. The zero-order chi connectivity index (χ0) is 18.8. The Kier molecular flexibility index (Phi) is 4.66. The second-order valence-electron chi connectivity index (χ2n) is 6.62. The molecule has 0 saturated carbocycles. The molecule has 0 radical (unpaired) electrons. The fourth-order valence-corrected chi connectivity index (χ4v) is 3.54. The van der Waals surface area contributed by atoms with E-state index in [1.807, 2.05) is 49.1 Å². The zero-order valence-corrected chi connectivity index (χ0v) is 15.4. The number of hydrogen-bond donors (Lipinski definition) is 1. The fourth-order valence-electron chi connectivity index (χ4n) is 3.54. The lowest BCUT2D eigenvalue weighted by molar-refractivity contribution is 0.0725. The van der Waals surface area contributed by atoms with Crippen molar-refractivity contribution < 1.29 is 14.1 Å². The van der Waals surface area contributed by atoms with Gasteiger partial charge in [0.15, 0.2) is 0 Å². The van der Waals surface area contributed by atoms with Gasteiger partial charge in [-0.3, -0.25) is 9.89 Å². The number of nitrogens with zero attached hydrogens (tertiary/aromatic N) is 3. The van der Waals surface area contributed by atoms with Crippen molar-refractivity contribution in [2.45, 2.75) is 32.7 Å². The van der Waals surface area contributed by atoms with Crippen molar-refractivity contribution in [1.82, 2.24) is 20.3 Å². The number of aromatic nitrogens is 3. The monoisotopic (exact) mass is 366 g/mol. The molecule has 1 fully saturated rings. The third kappa shape index (κ3) is 3.32. The minimum atomic E-state index is -0.0780. The maximum Gasteiger partial charge on any atom is 0.272 e. The number of carbonyl (C=O) groups is 1. The van der Waals surface area contributed by atoms with Gasteiger partial charge in [-0.2, -0.15) is 5.10 Å². The molecule has 3 heterocycles. The van der Waals surface area contributed by atoms with Crippen LogP contribution in [0.5, 0.6) is 5.75 Å². The number of ether oxygens (including phenoxy) is 1. The lowest BCUT2D eigenvalue weighted by atomic mass is 10.1. The van der Waals surface area contributed by atoms with E-state index in [2.05, 4.69) is 15.4 Å². The molecule has 0 unspecified atom stereocenters. The first-order valence-electron chi connectivity index (χ1n) is 9.19. The molecule has 1 aliphatic rings. The van der Waals surface area contributed by atoms with Crippen LogP contribution in [0, 0.1) is 6.92 Å². The quantitative estimate of drug-likeness (QED) is 0.743. The molecule has 27 heavy (non-hydrogen) atoms. The molecule has 3 aromatic rings. The Balaban J connectivity index is 1.59. The summed E-state index contributed by atoms with van der Waals surface area (Å²) in [5.41, 5.74) is 2.82. The number of amides is 1. The van der Waals surface area contributed by atoms with Gasteiger partial charge >= 0.3 is 0 Å². The van der Waals surface area contributed by atoms with Gasteiger partial charge in [-0.25, -0.2) is 0 Å². The molecule has 2 aromatic heterocycles. The molecule has 1 amide bonds. The van der Waals surface area contributed by atoms with E-state index in [1.54, 1.807) is 6.07 Å².